The van der Waals surface area contributed by atoms with Crippen LogP contribution in [0.25, 0.3) is 0 Å². The first-order valence-corrected chi connectivity index (χ1v) is 6.23. The van der Waals surface area contributed by atoms with Crippen LogP contribution < -0.4 is 5.32 Å². The van der Waals surface area contributed by atoms with Crippen molar-refractivity contribution in [1.29, 1.82) is 0 Å². The molecule has 0 saturated heterocycles. The summed E-state index contributed by atoms with van der Waals surface area (Å²) in [7, 11) is -1.75. The van der Waals surface area contributed by atoms with Gasteiger partial charge in [0.15, 0.2) is 0 Å². The Morgan fingerprint density at radius 3 is 2.00 bits per heavy atom. The maximum atomic E-state index is 11.8. The highest BCUT2D eigenvalue weighted by Crippen LogP contribution is 2.25. The van der Waals surface area contributed by atoms with E-state index >= 15 is 0 Å². The summed E-state index contributed by atoms with van der Waals surface area (Å²) < 4.78 is 60.3. The van der Waals surface area contributed by atoms with Gasteiger partial charge in [0.1, 0.15) is 0 Å². The van der Waals surface area contributed by atoms with Gasteiger partial charge < -0.3 is 5.32 Å². The van der Waals surface area contributed by atoms with Crippen molar-refractivity contribution in [1.82, 2.24) is 5.32 Å². The Hall–Kier alpha value is -1.12. The van der Waals surface area contributed by atoms with Crippen LogP contribution in [0.1, 0.15) is 5.56 Å². The monoisotopic (exact) mass is 285 g/mol. The van der Waals surface area contributed by atoms with Gasteiger partial charge in [-0.1, -0.05) is 30.3 Å². The Morgan fingerprint density at radius 2 is 1.61 bits per heavy atom. The Morgan fingerprint density at radius 1 is 1.17 bits per heavy atom. The van der Waals surface area contributed by atoms with Crippen molar-refractivity contribution >= 4 is 10.1 Å². The van der Waals surface area contributed by atoms with Crippen molar-refractivity contribution in [2.75, 3.05) is 14.1 Å². The van der Waals surface area contributed by atoms with E-state index in [1.165, 1.54) is 12.1 Å². The quantitative estimate of drug-likeness (QED) is 0.680. The van der Waals surface area contributed by atoms with Gasteiger partial charge >= 0.3 is 15.6 Å². The van der Waals surface area contributed by atoms with Crippen LogP contribution in [0.2, 0.25) is 0 Å². The van der Waals surface area contributed by atoms with Gasteiger partial charge in [0, 0.05) is 0 Å². The molecule has 0 atom stereocenters. The summed E-state index contributed by atoms with van der Waals surface area (Å²) in [6.45, 7) is -0.622. The summed E-state index contributed by atoms with van der Waals surface area (Å²) in [6, 6.07) is 7.72. The normalized spacial score (nSPS) is 11.6. The molecule has 0 unspecified atom stereocenters. The summed E-state index contributed by atoms with van der Waals surface area (Å²) >= 11 is 0. The van der Waals surface area contributed by atoms with Gasteiger partial charge in [0.2, 0.25) is 0 Å². The van der Waals surface area contributed by atoms with E-state index in [0.717, 1.165) is 0 Å². The van der Waals surface area contributed by atoms with Crippen molar-refractivity contribution in [3.05, 3.63) is 35.9 Å². The first-order chi connectivity index (χ1) is 8.24. The largest absolute Gasteiger partial charge is 0.523 e. The van der Waals surface area contributed by atoms with Crippen LogP contribution in [-0.4, -0.2) is 28.0 Å². The van der Waals surface area contributed by atoms with Gasteiger partial charge in [-0.25, -0.2) is 0 Å². The van der Waals surface area contributed by atoms with Crippen molar-refractivity contribution < 1.29 is 25.8 Å². The fourth-order valence-corrected chi connectivity index (χ4v) is 1.21. The molecular formula is C10H14F3NO3S. The van der Waals surface area contributed by atoms with E-state index in [9.17, 15) is 21.6 Å². The van der Waals surface area contributed by atoms with Crippen LogP contribution in [0.5, 0.6) is 0 Å². The lowest BCUT2D eigenvalue weighted by atomic mass is 10.2. The minimum absolute atomic E-state index is 0.352. The Balaban J connectivity index is 0.000000873. The maximum Gasteiger partial charge on any atom is 0.523 e. The summed E-state index contributed by atoms with van der Waals surface area (Å²) in [5.74, 6) is 0. The van der Waals surface area contributed by atoms with Gasteiger partial charge in [0.25, 0.3) is 0 Å². The number of halogens is 3. The second kappa shape index (κ2) is 7.34. The molecule has 0 aliphatic heterocycles. The fraction of sp³-hybridized carbons (Fsp3) is 0.400. The maximum absolute atomic E-state index is 11.8. The fourth-order valence-electron chi connectivity index (χ4n) is 0.787. The zero-order valence-electron chi connectivity index (χ0n) is 9.86. The van der Waals surface area contributed by atoms with E-state index < -0.39 is 22.2 Å². The number of hydrogen-bond donors (Lipinski definition) is 1. The first kappa shape index (κ1) is 16.9. The number of hydrogen-bond acceptors (Lipinski definition) is 4. The summed E-state index contributed by atoms with van der Waals surface area (Å²) in [5.41, 5.74) is -5.02. The second-order valence-corrected chi connectivity index (χ2v) is 4.75. The van der Waals surface area contributed by atoms with E-state index in [2.05, 4.69) is 9.50 Å². The van der Waals surface area contributed by atoms with Crippen molar-refractivity contribution in [3.63, 3.8) is 0 Å². The van der Waals surface area contributed by atoms with Gasteiger partial charge in [-0.05, 0) is 19.7 Å². The van der Waals surface area contributed by atoms with Crippen molar-refractivity contribution in [2.45, 2.75) is 12.1 Å². The smallest absolute Gasteiger partial charge is 0.323 e. The molecule has 0 radical (unpaired) electrons. The van der Waals surface area contributed by atoms with E-state index in [-0.39, 0.29) is 0 Å². The van der Waals surface area contributed by atoms with Gasteiger partial charge in [-0.15, -0.1) is 0 Å². The van der Waals surface area contributed by atoms with Crippen LogP contribution in [0.15, 0.2) is 30.3 Å². The molecule has 18 heavy (non-hydrogen) atoms. The lowest BCUT2D eigenvalue weighted by molar-refractivity contribution is -0.0547. The van der Waals surface area contributed by atoms with Crippen molar-refractivity contribution in [3.8, 4) is 0 Å². The molecule has 0 spiro atoms. The highest BCUT2D eigenvalue weighted by atomic mass is 32.2. The molecule has 104 valence electrons. The van der Waals surface area contributed by atoms with Gasteiger partial charge in [0.05, 0.1) is 6.61 Å². The van der Waals surface area contributed by atoms with Gasteiger partial charge in [-0.2, -0.15) is 21.6 Å². The molecule has 0 aliphatic rings. The van der Waals surface area contributed by atoms with Crippen LogP contribution in [0.3, 0.4) is 0 Å². The predicted molar refractivity (Wildman–Crippen MR) is 61.2 cm³/mol. The Bertz CT molecular complexity index is 431. The number of rotatable bonds is 3. The highest BCUT2D eigenvalue weighted by Gasteiger charge is 2.47. The Labute approximate surface area is 104 Å². The van der Waals surface area contributed by atoms with Crippen LogP contribution in [0.4, 0.5) is 13.2 Å². The van der Waals surface area contributed by atoms with E-state index in [1.54, 1.807) is 18.2 Å². The molecule has 0 fully saturated rings. The number of benzene rings is 1. The van der Waals surface area contributed by atoms with E-state index in [4.69, 9.17) is 0 Å². The zero-order valence-corrected chi connectivity index (χ0v) is 10.7. The second-order valence-electron chi connectivity index (χ2n) is 3.15. The molecule has 1 rings (SSSR count). The third kappa shape index (κ3) is 5.99. The minimum Gasteiger partial charge on any atom is -0.323 e. The Kier molecular flexibility index (Phi) is 6.89. The molecule has 1 aromatic carbocycles. The highest BCUT2D eigenvalue weighted by molar-refractivity contribution is 7.87. The zero-order chi connectivity index (χ0) is 14.2. The predicted octanol–water partition coefficient (Wildman–Crippen LogP) is 1.89. The third-order valence-corrected chi connectivity index (χ3v) is 2.50. The number of nitrogens with one attached hydrogen (secondary N) is 1. The summed E-state index contributed by atoms with van der Waals surface area (Å²) in [5, 5.41) is 2.75. The molecule has 0 saturated carbocycles. The van der Waals surface area contributed by atoms with Crippen LogP contribution in [-0.2, 0) is 20.9 Å². The molecule has 4 nitrogen and oxygen atoms in total. The average molecular weight is 285 g/mol. The molecule has 0 heterocycles. The van der Waals surface area contributed by atoms with E-state index in [0.29, 0.717) is 5.56 Å². The molecule has 0 bridgehead atoms. The standard InChI is InChI=1S/C8H7F3O3S.C2H7N/c9-8(10,11)15(12,13)14-6-7-4-2-1-3-5-7;1-3-2/h1-5H,6H2;3H,1-2H3. The molecule has 1 N–H and O–H groups in total. The first-order valence-electron chi connectivity index (χ1n) is 4.82. The molecule has 0 aromatic heterocycles. The molecular weight excluding hydrogens is 271 g/mol. The lowest BCUT2D eigenvalue weighted by Crippen LogP contribution is -2.25. The minimum atomic E-state index is -5.50. The molecule has 0 aliphatic carbocycles. The lowest BCUT2D eigenvalue weighted by Gasteiger charge is -2.07. The topological polar surface area (TPSA) is 55.4 Å². The van der Waals surface area contributed by atoms with Crippen LogP contribution >= 0.6 is 0 Å². The molecule has 8 heteroatoms. The van der Waals surface area contributed by atoms with Crippen molar-refractivity contribution in [2.24, 2.45) is 0 Å². The SMILES string of the molecule is CNC.O=S(=O)(OCc1ccccc1)C(F)(F)F. The van der Waals surface area contributed by atoms with Gasteiger partial charge in [-0.3, -0.25) is 4.18 Å². The average Bonchev–Trinajstić information content (AvgIpc) is 2.27. The summed E-state index contributed by atoms with van der Waals surface area (Å²) in [6.07, 6.45) is 0. The summed E-state index contributed by atoms with van der Waals surface area (Å²) in [4.78, 5) is 0. The van der Waals surface area contributed by atoms with Crippen LogP contribution in [0, 0.1) is 0 Å². The molecule has 0 amide bonds. The van der Waals surface area contributed by atoms with E-state index in [1.807, 2.05) is 14.1 Å². The number of alkyl halides is 3. The molecule has 1 aromatic rings. The third-order valence-electron chi connectivity index (χ3n) is 1.51.